The van der Waals surface area contributed by atoms with Gasteiger partial charge < -0.3 is 40.8 Å². The first kappa shape index (κ1) is 34.3. The second-order valence-electron chi connectivity index (χ2n) is 10.7. The molecule has 17 nitrogen and oxygen atoms in total. The van der Waals surface area contributed by atoms with Gasteiger partial charge >= 0.3 is 11.9 Å². The minimum Gasteiger partial charge on any atom is -0.504 e. The lowest BCUT2D eigenvalue weighted by Crippen LogP contribution is -2.71. The summed E-state index contributed by atoms with van der Waals surface area (Å²) in [6.07, 6.45) is 3.22. The molecule has 0 aliphatic carbocycles. The van der Waals surface area contributed by atoms with Gasteiger partial charge in [0, 0.05) is 45.5 Å². The van der Waals surface area contributed by atoms with Crippen LogP contribution in [0.3, 0.4) is 0 Å². The number of hydrogen-bond acceptors (Lipinski definition) is 15. The summed E-state index contributed by atoms with van der Waals surface area (Å²) in [5.41, 5.74) is 6.76. The normalized spacial score (nSPS) is 17.2. The summed E-state index contributed by atoms with van der Waals surface area (Å²) in [4.78, 5) is 61.5. The van der Waals surface area contributed by atoms with Crippen LogP contribution in [0.1, 0.15) is 11.5 Å². The molecule has 5 heterocycles. The number of oxime groups is 1. The van der Waals surface area contributed by atoms with Crippen LogP contribution in [0, 0.1) is 0 Å². The number of pyridine rings is 1. The Balaban J connectivity index is 1.12. The molecule has 258 valence electrons. The van der Waals surface area contributed by atoms with Crippen LogP contribution in [0.4, 0.5) is 5.13 Å². The van der Waals surface area contributed by atoms with Crippen molar-refractivity contribution >= 4 is 69.5 Å². The van der Waals surface area contributed by atoms with Gasteiger partial charge in [-0.15, -0.1) is 34.9 Å². The van der Waals surface area contributed by atoms with E-state index >= 15 is 0 Å². The fraction of sp³-hybridized carbons (Fsp3) is 0.200. The molecule has 0 bridgehead atoms. The Morgan fingerprint density at radius 3 is 2.62 bits per heavy atom. The number of nitrogens with two attached hydrogens (primary N) is 1. The van der Waals surface area contributed by atoms with E-state index in [1.807, 2.05) is 0 Å². The molecule has 0 saturated carbocycles. The van der Waals surface area contributed by atoms with E-state index in [4.69, 9.17) is 20.2 Å². The summed E-state index contributed by atoms with van der Waals surface area (Å²) in [6, 6.07) is 8.03. The second-order valence-corrected chi connectivity index (χ2v) is 13.7. The Morgan fingerprint density at radius 2 is 1.94 bits per heavy atom. The Labute approximate surface area is 294 Å². The highest BCUT2D eigenvalue weighted by Gasteiger charge is 2.54. The Hall–Kier alpha value is -5.60. The topological polar surface area (TPSA) is 255 Å². The number of phenols is 2. The Morgan fingerprint density at radius 1 is 1.16 bits per heavy atom. The van der Waals surface area contributed by atoms with Crippen molar-refractivity contribution in [1.29, 1.82) is 0 Å². The molecule has 4 aromatic rings. The molecule has 3 aromatic heterocycles. The predicted molar refractivity (Wildman–Crippen MR) is 178 cm³/mol. The number of thioether (sulfide) groups is 2. The van der Waals surface area contributed by atoms with Gasteiger partial charge in [-0.3, -0.25) is 14.5 Å². The number of nitrogen functional groups attached to an aromatic ring is 1. The lowest BCUT2D eigenvalue weighted by atomic mass is 10.0. The van der Waals surface area contributed by atoms with E-state index in [1.54, 1.807) is 24.5 Å². The number of carbonyl (C=O) groups excluding carboxylic acids is 2. The number of benzene rings is 1. The van der Waals surface area contributed by atoms with Crippen LogP contribution in [-0.2, 0) is 37.2 Å². The van der Waals surface area contributed by atoms with Crippen molar-refractivity contribution in [3.8, 4) is 22.8 Å². The first-order valence-corrected chi connectivity index (χ1v) is 17.3. The van der Waals surface area contributed by atoms with E-state index in [9.17, 15) is 34.5 Å². The fourth-order valence-electron chi connectivity index (χ4n) is 4.94. The number of anilines is 1. The molecule has 2 amide bonds. The molecule has 1 aromatic carbocycles. The largest absolute Gasteiger partial charge is 0.504 e. The fourth-order valence-corrected chi connectivity index (χ4v) is 7.85. The van der Waals surface area contributed by atoms with Crippen LogP contribution < -0.4 is 15.6 Å². The van der Waals surface area contributed by atoms with Crippen molar-refractivity contribution in [2.24, 2.45) is 5.16 Å². The van der Waals surface area contributed by atoms with Gasteiger partial charge in [0.05, 0.1) is 0 Å². The van der Waals surface area contributed by atoms with Gasteiger partial charge in [0.2, 0.25) is 6.54 Å². The van der Waals surface area contributed by atoms with Crippen molar-refractivity contribution < 1.29 is 53.5 Å². The van der Waals surface area contributed by atoms with Crippen molar-refractivity contribution in [2.75, 3.05) is 17.2 Å². The molecule has 0 spiro atoms. The van der Waals surface area contributed by atoms with Gasteiger partial charge in [0.15, 0.2) is 47.1 Å². The summed E-state index contributed by atoms with van der Waals surface area (Å²) in [5, 5.41) is 49.7. The van der Waals surface area contributed by atoms with Crippen LogP contribution in [0.15, 0.2) is 80.0 Å². The zero-order chi connectivity index (χ0) is 35.5. The Kier molecular flexibility index (Phi) is 9.93. The maximum Gasteiger partial charge on any atom is 0.370 e. The number of rotatable bonds is 13. The molecule has 2 aliphatic rings. The number of hydrogen-bond donors (Lipinski definition) is 6. The van der Waals surface area contributed by atoms with Gasteiger partial charge in [-0.2, -0.15) is 4.57 Å². The van der Waals surface area contributed by atoms with Crippen molar-refractivity contribution in [3.63, 3.8) is 0 Å². The number of nitrogens with one attached hydrogen (secondary N) is 1. The van der Waals surface area contributed by atoms with E-state index in [1.165, 1.54) is 57.7 Å². The molecule has 50 heavy (non-hydrogen) atoms. The maximum atomic E-state index is 13.5. The number of carbonyl (C=O) groups is 4. The number of nitrogens with zero attached hydrogens (tertiary/aromatic N) is 5. The van der Waals surface area contributed by atoms with Gasteiger partial charge in [-0.05, 0) is 23.8 Å². The summed E-state index contributed by atoms with van der Waals surface area (Å²) in [7, 11) is 0. The molecule has 7 N–H and O–H groups in total. The number of aromatic hydroxyl groups is 2. The number of fused-ring (bicyclic) bond motifs is 1. The van der Waals surface area contributed by atoms with Crippen molar-refractivity contribution in [2.45, 2.75) is 29.5 Å². The monoisotopic (exact) mass is 740 g/mol. The molecule has 20 heteroatoms. The maximum absolute atomic E-state index is 13.5. The van der Waals surface area contributed by atoms with Crippen LogP contribution in [0.25, 0.3) is 11.3 Å². The standard InChI is InChI=1S/C30H25N7O10S3/c31-30-32-19(13-50-30)23(35-46-10-16-8-18(34-47-16)14-1-2-20(38)21(39)7-14)26(42)33-24-27(43)37-25(29(44)45)15(12-49-28(24)37)11-48-17-3-5-36(6-4-17)9-22(40)41/h1-8,13,24,28H,9-12H2,(H6-,31,32,33,34,35,38,39,40,41,42,44,45)/p+1. The zero-order valence-corrected chi connectivity index (χ0v) is 27.9. The number of carboxylic acid groups (broad SMARTS) is 2. The molecule has 2 aliphatic heterocycles. The number of aromatic nitrogens is 3. The first-order chi connectivity index (χ1) is 24.0. The van der Waals surface area contributed by atoms with E-state index in [2.05, 4.69) is 20.6 Å². The lowest BCUT2D eigenvalue weighted by molar-refractivity contribution is -0.686. The molecule has 6 rings (SSSR count). The first-order valence-electron chi connectivity index (χ1n) is 14.4. The van der Waals surface area contributed by atoms with Crippen LogP contribution >= 0.6 is 34.9 Å². The average molecular weight is 741 g/mol. The average Bonchev–Trinajstić information content (AvgIpc) is 3.74. The van der Waals surface area contributed by atoms with Gasteiger partial charge in [0.1, 0.15) is 28.5 Å². The third-order valence-electron chi connectivity index (χ3n) is 7.30. The van der Waals surface area contributed by atoms with Crippen molar-refractivity contribution in [3.05, 3.63) is 76.9 Å². The predicted octanol–water partition coefficient (Wildman–Crippen LogP) is 1.62. The van der Waals surface area contributed by atoms with Crippen LogP contribution in [0.5, 0.6) is 11.5 Å². The second kappa shape index (κ2) is 14.5. The smallest absolute Gasteiger partial charge is 0.370 e. The van der Waals surface area contributed by atoms with E-state index in [-0.39, 0.29) is 64.2 Å². The van der Waals surface area contributed by atoms with E-state index in [0.717, 1.165) is 21.1 Å². The molecule has 2 unspecified atom stereocenters. The van der Waals surface area contributed by atoms with Gasteiger partial charge in [0.25, 0.3) is 11.8 Å². The molecular formula is C30H26N7O10S3+. The summed E-state index contributed by atoms with van der Waals surface area (Å²) in [6.45, 7) is -0.453. The summed E-state index contributed by atoms with van der Waals surface area (Å²) in [5.74, 6) is -3.53. The van der Waals surface area contributed by atoms with Crippen molar-refractivity contribution in [1.82, 2.24) is 20.4 Å². The van der Waals surface area contributed by atoms with E-state index < -0.39 is 35.2 Å². The molecule has 2 atom stereocenters. The van der Waals surface area contributed by atoms with Gasteiger partial charge in [-0.1, -0.05) is 10.3 Å². The third-order valence-corrected chi connectivity index (χ3v) is 10.4. The minimum absolute atomic E-state index is 0.0857. The molecule has 1 saturated heterocycles. The molecule has 1 fully saturated rings. The number of phenolic OH excluding ortho intramolecular Hbond substituents is 2. The lowest BCUT2D eigenvalue weighted by Gasteiger charge is -2.49. The highest BCUT2D eigenvalue weighted by atomic mass is 32.2. The highest BCUT2D eigenvalue weighted by Crippen LogP contribution is 2.41. The SMILES string of the molecule is Nc1nc(/C(=N/OCc2cc(-c3ccc(O)c(O)c3)no2)C(=O)NC2C(=O)N3C(C(=O)O)=C(CSc4cc[n+](CC(=O)O)cc4)CSC23)cs1. The zero-order valence-electron chi connectivity index (χ0n) is 25.5. The quantitative estimate of drug-likeness (QED) is 0.0284. The minimum atomic E-state index is -1.28. The molecular weight excluding hydrogens is 715 g/mol. The molecule has 0 radical (unpaired) electrons. The van der Waals surface area contributed by atoms with Crippen LogP contribution in [0.2, 0.25) is 0 Å². The van der Waals surface area contributed by atoms with Gasteiger partial charge in [-0.25, -0.2) is 14.6 Å². The summed E-state index contributed by atoms with van der Waals surface area (Å²) < 4.78 is 6.75. The third kappa shape index (κ3) is 7.36. The Bertz CT molecular complexity index is 2050. The number of aliphatic carboxylic acids is 2. The number of thiazole rings is 1. The number of carboxylic acids is 2. The number of β-lactam (4-membered cyclic amide) rings is 1. The van der Waals surface area contributed by atoms with E-state index in [0.29, 0.717) is 16.8 Å². The highest BCUT2D eigenvalue weighted by molar-refractivity contribution is 8.01. The summed E-state index contributed by atoms with van der Waals surface area (Å²) >= 11 is 3.71. The number of amides is 2. The van der Waals surface area contributed by atoms with Crippen LogP contribution in [-0.4, -0.2) is 87.9 Å².